The van der Waals surface area contributed by atoms with Crippen molar-refractivity contribution in [2.75, 3.05) is 18.0 Å². The van der Waals surface area contributed by atoms with E-state index < -0.39 is 0 Å². The molecule has 1 aliphatic rings. The Bertz CT molecular complexity index is 804. The maximum atomic E-state index is 10.9. The number of aromatic nitrogens is 1. The van der Waals surface area contributed by atoms with Crippen LogP contribution < -0.4 is 4.90 Å². The van der Waals surface area contributed by atoms with Crippen LogP contribution in [0.5, 0.6) is 0 Å². The summed E-state index contributed by atoms with van der Waals surface area (Å²) in [5.74, 6) is 0. The van der Waals surface area contributed by atoms with Crippen LogP contribution in [0.15, 0.2) is 30.5 Å². The lowest BCUT2D eigenvalue weighted by molar-refractivity contribution is 0.112. The van der Waals surface area contributed by atoms with Crippen LogP contribution in [0.4, 0.5) is 5.69 Å². The minimum Gasteiger partial charge on any atom is -0.369 e. The molecule has 0 amide bonds. The van der Waals surface area contributed by atoms with Crippen molar-refractivity contribution < 1.29 is 4.79 Å². The summed E-state index contributed by atoms with van der Waals surface area (Å²) in [5.41, 5.74) is 3.41. The molecule has 0 saturated carbocycles. The molecule has 23 heavy (non-hydrogen) atoms. The minimum absolute atomic E-state index is 0.472. The van der Waals surface area contributed by atoms with E-state index in [2.05, 4.69) is 22.0 Å². The number of nitrogens with zero attached hydrogens (tertiary/aromatic N) is 4. The van der Waals surface area contributed by atoms with Gasteiger partial charge in [-0.1, -0.05) is 0 Å². The van der Waals surface area contributed by atoms with Crippen LogP contribution in [0.1, 0.15) is 34.3 Å². The van der Waals surface area contributed by atoms with Crippen LogP contribution in [0.2, 0.25) is 0 Å². The van der Waals surface area contributed by atoms with Crippen molar-refractivity contribution >= 4 is 12.0 Å². The normalized spacial score (nSPS) is 13.4. The predicted molar refractivity (Wildman–Crippen MR) is 85.9 cm³/mol. The van der Waals surface area contributed by atoms with Gasteiger partial charge in [0.1, 0.15) is 18.4 Å². The highest BCUT2D eigenvalue weighted by Crippen LogP contribution is 2.32. The molecule has 112 valence electrons. The van der Waals surface area contributed by atoms with Gasteiger partial charge in [-0.3, -0.25) is 9.78 Å². The van der Waals surface area contributed by atoms with E-state index in [4.69, 9.17) is 0 Å². The first kappa shape index (κ1) is 14.7. The summed E-state index contributed by atoms with van der Waals surface area (Å²) in [7, 11) is 0. The molecule has 0 radical (unpaired) electrons. The first-order chi connectivity index (χ1) is 11.3. The van der Waals surface area contributed by atoms with Crippen LogP contribution in [0.3, 0.4) is 0 Å². The lowest BCUT2D eigenvalue weighted by atomic mass is 10.00. The zero-order chi connectivity index (χ0) is 16.2. The Balaban J connectivity index is 2.15. The Hall–Kier alpha value is -3.18. The van der Waals surface area contributed by atoms with Gasteiger partial charge in [0.05, 0.1) is 22.5 Å². The lowest BCUT2D eigenvalue weighted by Crippen LogP contribution is -2.20. The Labute approximate surface area is 134 Å². The zero-order valence-electron chi connectivity index (χ0n) is 12.5. The fourth-order valence-electron chi connectivity index (χ4n) is 2.91. The average molecular weight is 302 g/mol. The van der Waals surface area contributed by atoms with Crippen LogP contribution in [-0.4, -0.2) is 24.4 Å². The van der Waals surface area contributed by atoms with Crippen molar-refractivity contribution in [2.24, 2.45) is 0 Å². The van der Waals surface area contributed by atoms with Gasteiger partial charge in [0.15, 0.2) is 0 Å². The molecule has 0 atom stereocenters. The van der Waals surface area contributed by atoms with E-state index in [9.17, 15) is 15.3 Å². The second kappa shape index (κ2) is 6.29. The number of aldehydes is 1. The maximum Gasteiger partial charge on any atom is 0.150 e. The van der Waals surface area contributed by atoms with Crippen molar-refractivity contribution in [3.05, 3.63) is 47.2 Å². The number of hydrogen-bond acceptors (Lipinski definition) is 5. The molecular formula is C18H14N4O. The predicted octanol–water partition coefficient (Wildman–Crippen LogP) is 2.90. The first-order valence-corrected chi connectivity index (χ1v) is 7.41. The van der Waals surface area contributed by atoms with Crippen molar-refractivity contribution in [1.82, 2.24) is 4.98 Å². The van der Waals surface area contributed by atoms with Gasteiger partial charge in [-0.05, 0) is 37.1 Å². The van der Waals surface area contributed by atoms with Crippen LogP contribution in [0.25, 0.3) is 11.3 Å². The van der Waals surface area contributed by atoms with Crippen molar-refractivity contribution in [3.63, 3.8) is 0 Å². The van der Waals surface area contributed by atoms with E-state index in [1.165, 1.54) is 0 Å². The number of benzene rings is 1. The number of pyridine rings is 1. The molecule has 1 saturated heterocycles. The van der Waals surface area contributed by atoms with E-state index in [1.54, 1.807) is 30.5 Å². The summed E-state index contributed by atoms with van der Waals surface area (Å²) in [5, 5.41) is 19.0. The molecule has 0 aliphatic carbocycles. The van der Waals surface area contributed by atoms with Crippen LogP contribution in [0, 0.1) is 22.7 Å². The molecule has 0 N–H and O–H groups in total. The molecule has 1 aromatic carbocycles. The number of anilines is 1. The zero-order valence-corrected chi connectivity index (χ0v) is 12.5. The topological polar surface area (TPSA) is 80.8 Å². The molecule has 0 unspecified atom stereocenters. The molecule has 3 rings (SSSR count). The largest absolute Gasteiger partial charge is 0.369 e. The third-order valence-electron chi connectivity index (χ3n) is 3.99. The van der Waals surface area contributed by atoms with Gasteiger partial charge in [0.25, 0.3) is 0 Å². The second-order valence-electron chi connectivity index (χ2n) is 5.43. The Morgan fingerprint density at radius 2 is 1.74 bits per heavy atom. The number of carbonyl (C=O) groups is 1. The Kier molecular flexibility index (Phi) is 4.03. The minimum atomic E-state index is 0.472. The highest BCUT2D eigenvalue weighted by atomic mass is 16.1. The van der Waals surface area contributed by atoms with Gasteiger partial charge in [-0.2, -0.15) is 10.5 Å². The van der Waals surface area contributed by atoms with Gasteiger partial charge < -0.3 is 4.90 Å². The molecule has 2 heterocycles. The molecule has 5 heteroatoms. The van der Waals surface area contributed by atoms with Gasteiger partial charge in [0, 0.05) is 30.4 Å². The Morgan fingerprint density at radius 1 is 1.09 bits per heavy atom. The van der Waals surface area contributed by atoms with Gasteiger partial charge in [0.2, 0.25) is 0 Å². The molecule has 1 aliphatic heterocycles. The summed E-state index contributed by atoms with van der Waals surface area (Å²) >= 11 is 0. The summed E-state index contributed by atoms with van der Waals surface area (Å²) in [4.78, 5) is 17.3. The quantitative estimate of drug-likeness (QED) is 0.814. The summed E-state index contributed by atoms with van der Waals surface area (Å²) in [6.07, 6.45) is 4.44. The summed E-state index contributed by atoms with van der Waals surface area (Å²) in [6, 6.07) is 11.1. The van der Waals surface area contributed by atoms with Gasteiger partial charge in [-0.15, -0.1) is 0 Å². The highest BCUT2D eigenvalue weighted by Gasteiger charge is 2.21. The fraction of sp³-hybridized carbons (Fsp3) is 0.222. The smallest absolute Gasteiger partial charge is 0.150 e. The van der Waals surface area contributed by atoms with E-state index in [0.29, 0.717) is 33.6 Å². The van der Waals surface area contributed by atoms with Crippen molar-refractivity contribution in [2.45, 2.75) is 12.8 Å². The summed E-state index contributed by atoms with van der Waals surface area (Å²) < 4.78 is 0. The van der Waals surface area contributed by atoms with E-state index in [0.717, 1.165) is 32.2 Å². The monoisotopic (exact) mass is 302 g/mol. The van der Waals surface area contributed by atoms with E-state index in [-0.39, 0.29) is 0 Å². The standard InChI is InChI=1S/C18H14N4O/c19-10-15-8-14(17-7-13(12-23)3-4-21-17)9-16(11-20)18(15)22-5-1-2-6-22/h3-4,7-9,12H,1-2,5-6H2. The van der Waals surface area contributed by atoms with Gasteiger partial charge >= 0.3 is 0 Å². The highest BCUT2D eigenvalue weighted by molar-refractivity contribution is 5.80. The molecule has 1 aromatic heterocycles. The Morgan fingerprint density at radius 3 is 2.30 bits per heavy atom. The molecule has 0 spiro atoms. The number of hydrogen-bond donors (Lipinski definition) is 0. The first-order valence-electron chi connectivity index (χ1n) is 7.41. The SMILES string of the molecule is N#Cc1cc(-c2cc(C=O)ccn2)cc(C#N)c1N1CCCC1. The third kappa shape index (κ3) is 2.77. The van der Waals surface area contributed by atoms with Crippen molar-refractivity contribution in [1.29, 1.82) is 10.5 Å². The maximum absolute atomic E-state index is 10.9. The second-order valence-corrected chi connectivity index (χ2v) is 5.43. The molecular weight excluding hydrogens is 288 g/mol. The third-order valence-corrected chi connectivity index (χ3v) is 3.99. The van der Waals surface area contributed by atoms with Crippen molar-refractivity contribution in [3.8, 4) is 23.4 Å². The van der Waals surface area contributed by atoms with Crippen LogP contribution >= 0.6 is 0 Å². The lowest BCUT2D eigenvalue weighted by Gasteiger charge is -2.21. The fourth-order valence-corrected chi connectivity index (χ4v) is 2.91. The van der Waals surface area contributed by atoms with E-state index >= 15 is 0 Å². The number of carbonyl (C=O) groups excluding carboxylic acids is 1. The van der Waals surface area contributed by atoms with Crippen LogP contribution in [-0.2, 0) is 0 Å². The van der Waals surface area contributed by atoms with Gasteiger partial charge in [-0.25, -0.2) is 0 Å². The van der Waals surface area contributed by atoms with E-state index in [1.807, 2.05) is 0 Å². The molecule has 1 fully saturated rings. The number of nitriles is 2. The number of rotatable bonds is 3. The molecule has 0 bridgehead atoms. The molecule has 5 nitrogen and oxygen atoms in total. The molecule has 2 aromatic rings. The summed E-state index contributed by atoms with van der Waals surface area (Å²) in [6.45, 7) is 1.73. The average Bonchev–Trinajstić information content (AvgIpc) is 3.14.